The molecule has 26 heavy (non-hydrogen) atoms. The molecule has 0 saturated carbocycles. The first-order valence-corrected chi connectivity index (χ1v) is 9.26. The maximum absolute atomic E-state index is 13.6. The average Bonchev–Trinajstić information content (AvgIpc) is 2.53. The largest absolute Gasteiger partial charge is 0.376 e. The molecule has 0 aliphatic carbocycles. The SMILES string of the molecule is CC(C)NS(=O)(=O)Cc1ccccc1CNc1c(F)c(F)nc(F)c1F. The maximum Gasteiger partial charge on any atom is 0.253 e. The Morgan fingerprint density at radius 1 is 1.00 bits per heavy atom. The Labute approximate surface area is 148 Å². The third kappa shape index (κ3) is 4.92. The van der Waals surface area contributed by atoms with Crippen molar-refractivity contribution in [1.82, 2.24) is 9.71 Å². The minimum absolute atomic E-state index is 0.246. The number of rotatable bonds is 7. The second-order valence-corrected chi connectivity index (χ2v) is 7.60. The molecule has 0 saturated heterocycles. The van der Waals surface area contributed by atoms with Gasteiger partial charge in [-0.05, 0) is 25.0 Å². The first-order chi connectivity index (χ1) is 12.1. The van der Waals surface area contributed by atoms with Crippen molar-refractivity contribution < 1.29 is 26.0 Å². The van der Waals surface area contributed by atoms with Crippen molar-refractivity contribution in [2.75, 3.05) is 5.32 Å². The van der Waals surface area contributed by atoms with Crippen LogP contribution in [-0.4, -0.2) is 19.4 Å². The number of aromatic nitrogens is 1. The van der Waals surface area contributed by atoms with Crippen molar-refractivity contribution >= 4 is 15.7 Å². The summed E-state index contributed by atoms with van der Waals surface area (Å²) in [5, 5.41) is 2.26. The van der Waals surface area contributed by atoms with Crippen LogP contribution in [0.1, 0.15) is 25.0 Å². The van der Waals surface area contributed by atoms with E-state index in [-0.39, 0.29) is 18.3 Å². The van der Waals surface area contributed by atoms with Crippen LogP contribution in [0.4, 0.5) is 23.2 Å². The molecule has 1 heterocycles. The van der Waals surface area contributed by atoms with E-state index in [1.807, 2.05) is 0 Å². The molecule has 142 valence electrons. The van der Waals surface area contributed by atoms with E-state index in [0.717, 1.165) is 0 Å². The summed E-state index contributed by atoms with van der Waals surface area (Å²) in [6.07, 6.45) is 0. The Balaban J connectivity index is 2.25. The standard InChI is InChI=1S/C16H17F4N3O2S/c1-9(2)23-26(24,25)8-11-6-4-3-5-10(11)7-21-14-12(17)15(19)22-16(20)13(14)18/h3-6,9,23H,7-8H2,1-2H3,(H,21,22). The molecule has 0 aliphatic heterocycles. The summed E-state index contributed by atoms with van der Waals surface area (Å²) < 4.78 is 80.2. The van der Waals surface area contributed by atoms with Crippen molar-refractivity contribution in [3.05, 3.63) is 58.9 Å². The summed E-state index contributed by atoms with van der Waals surface area (Å²) in [5.41, 5.74) is -0.227. The summed E-state index contributed by atoms with van der Waals surface area (Å²) >= 11 is 0. The second kappa shape index (κ2) is 8.00. The summed E-state index contributed by atoms with van der Waals surface area (Å²) in [6, 6.07) is 5.99. The summed E-state index contributed by atoms with van der Waals surface area (Å²) in [4.78, 5) is 2.47. The van der Waals surface area contributed by atoms with E-state index in [9.17, 15) is 26.0 Å². The van der Waals surface area contributed by atoms with E-state index in [1.165, 1.54) is 12.1 Å². The van der Waals surface area contributed by atoms with Crippen LogP contribution in [-0.2, 0) is 22.3 Å². The average molecular weight is 391 g/mol. The van der Waals surface area contributed by atoms with Gasteiger partial charge < -0.3 is 5.32 Å². The minimum Gasteiger partial charge on any atom is -0.376 e. The predicted octanol–water partition coefficient (Wildman–Crippen LogP) is 3.08. The molecule has 5 nitrogen and oxygen atoms in total. The molecule has 0 atom stereocenters. The number of nitrogens with one attached hydrogen (secondary N) is 2. The number of pyridine rings is 1. The van der Waals surface area contributed by atoms with Gasteiger partial charge in [0.2, 0.25) is 21.7 Å². The summed E-state index contributed by atoms with van der Waals surface area (Å²) in [7, 11) is -3.63. The van der Waals surface area contributed by atoms with Crippen LogP contribution in [0.3, 0.4) is 0 Å². The van der Waals surface area contributed by atoms with E-state index in [4.69, 9.17) is 0 Å². The van der Waals surface area contributed by atoms with Gasteiger partial charge in [-0.3, -0.25) is 0 Å². The van der Waals surface area contributed by atoms with Gasteiger partial charge in [-0.1, -0.05) is 24.3 Å². The number of anilines is 1. The van der Waals surface area contributed by atoms with Gasteiger partial charge in [0, 0.05) is 12.6 Å². The normalized spacial score (nSPS) is 11.8. The van der Waals surface area contributed by atoms with Crippen molar-refractivity contribution in [3.63, 3.8) is 0 Å². The van der Waals surface area contributed by atoms with Gasteiger partial charge in [0.25, 0.3) is 11.9 Å². The number of hydrogen-bond acceptors (Lipinski definition) is 4. The van der Waals surface area contributed by atoms with Crippen molar-refractivity contribution in [2.24, 2.45) is 0 Å². The molecule has 0 aliphatic rings. The van der Waals surface area contributed by atoms with Gasteiger partial charge in [-0.25, -0.2) is 13.1 Å². The topological polar surface area (TPSA) is 71.1 Å². The van der Waals surface area contributed by atoms with E-state index < -0.39 is 39.2 Å². The highest BCUT2D eigenvalue weighted by Crippen LogP contribution is 2.23. The van der Waals surface area contributed by atoms with Crippen LogP contribution in [0.5, 0.6) is 0 Å². The highest BCUT2D eigenvalue weighted by molar-refractivity contribution is 7.88. The fourth-order valence-corrected chi connectivity index (χ4v) is 3.79. The maximum atomic E-state index is 13.6. The number of benzene rings is 1. The van der Waals surface area contributed by atoms with Crippen LogP contribution < -0.4 is 10.0 Å². The third-order valence-electron chi connectivity index (χ3n) is 3.33. The zero-order chi connectivity index (χ0) is 19.5. The summed E-state index contributed by atoms with van der Waals surface area (Å²) in [6.45, 7) is 3.09. The minimum atomic E-state index is -3.63. The Hall–Kier alpha value is -2.20. The molecule has 0 amide bonds. The molecular weight excluding hydrogens is 374 g/mol. The lowest BCUT2D eigenvalue weighted by Crippen LogP contribution is -2.31. The van der Waals surface area contributed by atoms with Crippen LogP contribution in [0, 0.1) is 23.5 Å². The monoisotopic (exact) mass is 391 g/mol. The van der Waals surface area contributed by atoms with Crippen LogP contribution in [0.15, 0.2) is 24.3 Å². The molecule has 0 bridgehead atoms. The smallest absolute Gasteiger partial charge is 0.253 e. The Morgan fingerprint density at radius 3 is 2.08 bits per heavy atom. The Bertz CT molecular complexity index is 878. The zero-order valence-corrected chi connectivity index (χ0v) is 14.8. The van der Waals surface area contributed by atoms with Gasteiger partial charge in [0.15, 0.2) is 0 Å². The number of halogens is 4. The first kappa shape index (κ1) is 20.1. The van der Waals surface area contributed by atoms with Crippen LogP contribution in [0.25, 0.3) is 0 Å². The van der Waals surface area contributed by atoms with Crippen LogP contribution >= 0.6 is 0 Å². The van der Waals surface area contributed by atoms with Gasteiger partial charge in [-0.15, -0.1) is 0 Å². The van der Waals surface area contributed by atoms with E-state index >= 15 is 0 Å². The molecule has 2 rings (SSSR count). The first-order valence-electron chi connectivity index (χ1n) is 7.61. The van der Waals surface area contributed by atoms with Crippen molar-refractivity contribution in [2.45, 2.75) is 32.2 Å². The molecule has 10 heteroatoms. The lowest BCUT2D eigenvalue weighted by atomic mass is 10.1. The Morgan fingerprint density at radius 2 is 1.54 bits per heavy atom. The van der Waals surface area contributed by atoms with E-state index in [0.29, 0.717) is 11.1 Å². The fourth-order valence-electron chi connectivity index (χ4n) is 2.30. The Kier molecular flexibility index (Phi) is 6.19. The lowest BCUT2D eigenvalue weighted by Gasteiger charge is -2.14. The highest BCUT2D eigenvalue weighted by Gasteiger charge is 2.21. The number of nitrogens with zero attached hydrogens (tertiary/aromatic N) is 1. The van der Waals surface area contributed by atoms with Gasteiger partial charge in [0.1, 0.15) is 5.69 Å². The van der Waals surface area contributed by atoms with Gasteiger partial charge in [-0.2, -0.15) is 22.5 Å². The molecule has 2 N–H and O–H groups in total. The van der Waals surface area contributed by atoms with Crippen molar-refractivity contribution in [3.8, 4) is 0 Å². The third-order valence-corrected chi connectivity index (χ3v) is 4.85. The van der Waals surface area contributed by atoms with Crippen molar-refractivity contribution in [1.29, 1.82) is 0 Å². The molecule has 0 unspecified atom stereocenters. The molecular formula is C16H17F4N3O2S. The molecule has 1 aromatic carbocycles. The summed E-state index contributed by atoms with van der Waals surface area (Å²) in [5.74, 6) is -7.22. The lowest BCUT2D eigenvalue weighted by molar-refractivity contribution is 0.410. The number of sulfonamides is 1. The molecule has 0 fully saturated rings. The van der Waals surface area contributed by atoms with Gasteiger partial charge in [0.05, 0.1) is 5.75 Å². The molecule has 0 radical (unpaired) electrons. The second-order valence-electron chi connectivity index (χ2n) is 5.85. The predicted molar refractivity (Wildman–Crippen MR) is 88.7 cm³/mol. The molecule has 0 spiro atoms. The highest BCUT2D eigenvalue weighted by atomic mass is 32.2. The molecule has 2 aromatic rings. The van der Waals surface area contributed by atoms with E-state index in [2.05, 4.69) is 15.0 Å². The molecule has 1 aromatic heterocycles. The van der Waals surface area contributed by atoms with Crippen LogP contribution in [0.2, 0.25) is 0 Å². The quantitative estimate of drug-likeness (QED) is 0.562. The van der Waals surface area contributed by atoms with Gasteiger partial charge >= 0.3 is 0 Å². The number of hydrogen-bond donors (Lipinski definition) is 2. The van der Waals surface area contributed by atoms with E-state index in [1.54, 1.807) is 26.0 Å². The fraction of sp³-hybridized carbons (Fsp3) is 0.312. The zero-order valence-electron chi connectivity index (χ0n) is 14.0.